The van der Waals surface area contributed by atoms with Gasteiger partial charge in [-0.1, -0.05) is 34.6 Å². The maximum Gasteiger partial charge on any atom is 0.311 e. The molecule has 4 fully saturated rings. The number of carbonyl (C=O) groups excluding carboxylic acids is 1. The van der Waals surface area contributed by atoms with Crippen molar-refractivity contribution < 1.29 is 48.2 Å². The monoisotopic (exact) mass is 685 g/mol. The van der Waals surface area contributed by atoms with Gasteiger partial charge < -0.3 is 48.3 Å². The van der Waals surface area contributed by atoms with Crippen LogP contribution in [0.25, 0.3) is 0 Å². The first kappa shape index (κ1) is 39.9. The molecule has 0 aliphatic carbocycles. The number of fused-ring (bicyclic) bond motifs is 2. The minimum Gasteiger partial charge on any atom is -0.462 e. The molecule has 4 heterocycles. The first-order valence-corrected chi connectivity index (χ1v) is 18.4. The van der Waals surface area contributed by atoms with Crippen molar-refractivity contribution in [1.29, 1.82) is 0 Å². The van der Waals surface area contributed by atoms with E-state index >= 15 is 0 Å². The maximum absolute atomic E-state index is 14.1. The smallest absolute Gasteiger partial charge is 0.311 e. The van der Waals surface area contributed by atoms with E-state index in [-0.39, 0.29) is 54.5 Å². The fourth-order valence-corrected chi connectivity index (χ4v) is 9.22. The number of ether oxygens (including phenoxy) is 7. The summed E-state index contributed by atoms with van der Waals surface area (Å²) in [6.07, 6.45) is -2.57. The van der Waals surface area contributed by atoms with E-state index in [1.54, 1.807) is 14.0 Å². The Morgan fingerprint density at radius 3 is 2.19 bits per heavy atom. The van der Waals surface area contributed by atoms with Crippen molar-refractivity contribution in [3.8, 4) is 0 Å². The Hall–Kier alpha value is -0.890. The van der Waals surface area contributed by atoms with Gasteiger partial charge in [0.05, 0.1) is 47.6 Å². The number of hydrogen-bond acceptors (Lipinski definition) is 11. The van der Waals surface area contributed by atoms with Gasteiger partial charge in [-0.2, -0.15) is 0 Å². The summed E-state index contributed by atoms with van der Waals surface area (Å²) >= 11 is 0. The van der Waals surface area contributed by atoms with Crippen molar-refractivity contribution in [2.45, 2.75) is 180 Å². The standard InChI is InChI=1S/C37H67NO10/c1-14-27-19(2)15-20(3)30-21(4)17-37(10,48-30)33(47-35-29(39)26(38(11)12)16-22(5)43-35)23(6)31(24(7)34(41)45-27)46-28-18-36(9,42-13)32(40)25(8)44-28/h19-33,35,39-40H,14-18H2,1-13H3/t19-,20+,21-,22-,23+,24-,25+,26+,27+,28?,29-,30-,31+,32+,33-,35+,36-,37-/m1/s1. The zero-order valence-electron chi connectivity index (χ0n) is 31.9. The highest BCUT2D eigenvalue weighted by atomic mass is 16.7. The molecule has 11 nitrogen and oxygen atoms in total. The Bertz CT molecular complexity index is 1060. The summed E-state index contributed by atoms with van der Waals surface area (Å²) in [5.74, 6) is -0.883. The first-order chi connectivity index (χ1) is 22.3. The van der Waals surface area contributed by atoms with Crippen LogP contribution in [0.15, 0.2) is 0 Å². The summed E-state index contributed by atoms with van der Waals surface area (Å²) in [6, 6.07) is -0.156. The summed E-state index contributed by atoms with van der Waals surface area (Å²) in [4.78, 5) is 16.1. The van der Waals surface area contributed by atoms with Crippen LogP contribution in [0.3, 0.4) is 0 Å². The number of nitrogens with zero attached hydrogens (tertiary/aromatic N) is 1. The molecule has 4 aliphatic rings. The molecule has 280 valence electrons. The predicted molar refractivity (Wildman–Crippen MR) is 181 cm³/mol. The van der Waals surface area contributed by atoms with E-state index in [1.165, 1.54) is 0 Å². The molecule has 11 heteroatoms. The van der Waals surface area contributed by atoms with Crippen molar-refractivity contribution in [2.24, 2.45) is 29.6 Å². The molecule has 4 aliphatic heterocycles. The molecule has 48 heavy (non-hydrogen) atoms. The molecule has 0 aromatic rings. The molecule has 0 aromatic carbocycles. The lowest BCUT2D eigenvalue weighted by molar-refractivity contribution is -0.318. The highest BCUT2D eigenvalue weighted by molar-refractivity contribution is 5.73. The number of likely N-dealkylation sites (N-methyl/N-ethyl adjacent to an activating group) is 1. The number of cyclic esters (lactones) is 1. The Morgan fingerprint density at radius 2 is 1.58 bits per heavy atom. The Morgan fingerprint density at radius 1 is 0.917 bits per heavy atom. The Balaban J connectivity index is 1.79. The van der Waals surface area contributed by atoms with Crippen molar-refractivity contribution >= 4 is 5.97 Å². The average molecular weight is 686 g/mol. The number of carbonyl (C=O) groups is 1. The summed E-state index contributed by atoms with van der Waals surface area (Å²) in [7, 11) is 5.48. The lowest BCUT2D eigenvalue weighted by atomic mass is 9.77. The fraction of sp³-hybridized carbons (Fsp3) is 0.973. The topological polar surface area (TPSA) is 125 Å². The largest absolute Gasteiger partial charge is 0.462 e. The summed E-state index contributed by atoms with van der Waals surface area (Å²) < 4.78 is 45.5. The number of methoxy groups -OCH3 is 1. The number of hydrogen-bond donors (Lipinski definition) is 2. The third-order valence-corrected chi connectivity index (χ3v) is 12.1. The minimum absolute atomic E-state index is 0.0291. The summed E-state index contributed by atoms with van der Waals surface area (Å²) in [5.41, 5.74) is -1.69. The van der Waals surface area contributed by atoms with Crippen LogP contribution in [0.5, 0.6) is 0 Å². The summed E-state index contributed by atoms with van der Waals surface area (Å²) in [5, 5.41) is 22.5. The minimum atomic E-state index is -0.915. The van der Waals surface area contributed by atoms with Gasteiger partial charge in [-0.3, -0.25) is 4.79 Å². The number of aliphatic hydroxyl groups is 2. The molecule has 0 amide bonds. The van der Waals surface area contributed by atoms with Crippen LogP contribution < -0.4 is 0 Å². The van der Waals surface area contributed by atoms with Gasteiger partial charge in [-0.15, -0.1) is 0 Å². The van der Waals surface area contributed by atoms with Crippen LogP contribution in [0.2, 0.25) is 0 Å². The molecule has 0 aromatic heterocycles. The molecule has 18 atom stereocenters. The van der Waals surface area contributed by atoms with Crippen LogP contribution in [-0.4, -0.2) is 121 Å². The van der Waals surface area contributed by atoms with E-state index in [0.717, 1.165) is 12.8 Å². The van der Waals surface area contributed by atoms with Gasteiger partial charge in [0.25, 0.3) is 0 Å². The molecule has 4 saturated heterocycles. The van der Waals surface area contributed by atoms with Crippen LogP contribution in [0.4, 0.5) is 0 Å². The SMILES string of the molecule is CC[C@@H]1OC(=O)[C@H](C)[C@@H](OC2C[C@@](C)(OC)[C@@H](O)[C@H](C)O2)[C@H](C)[C@@H](O[C@@H]2O[C@H](C)C[C@H](N(C)C)[C@H]2O)[C@@]2(C)C[C@@H](C)[C@H](O2)[C@@H](C)C[C@H]1C. The Kier molecular flexibility index (Phi) is 13.1. The summed E-state index contributed by atoms with van der Waals surface area (Å²) in [6.45, 7) is 20.3. The van der Waals surface area contributed by atoms with Gasteiger partial charge in [-0.05, 0) is 92.2 Å². The number of rotatable bonds is 7. The molecule has 0 saturated carbocycles. The van der Waals surface area contributed by atoms with Gasteiger partial charge in [0.15, 0.2) is 12.6 Å². The van der Waals surface area contributed by atoms with E-state index in [2.05, 4.69) is 34.6 Å². The normalized spacial score (nSPS) is 51.1. The van der Waals surface area contributed by atoms with Crippen LogP contribution >= 0.6 is 0 Å². The van der Waals surface area contributed by atoms with E-state index < -0.39 is 66.1 Å². The first-order valence-electron chi connectivity index (χ1n) is 18.4. The second-order valence-corrected chi connectivity index (χ2v) is 16.5. The zero-order valence-corrected chi connectivity index (χ0v) is 31.9. The van der Waals surface area contributed by atoms with E-state index in [0.29, 0.717) is 12.8 Å². The van der Waals surface area contributed by atoms with Gasteiger partial charge in [-0.25, -0.2) is 0 Å². The zero-order chi connectivity index (χ0) is 35.9. The van der Waals surface area contributed by atoms with E-state index in [4.69, 9.17) is 33.2 Å². The maximum atomic E-state index is 14.1. The lowest BCUT2D eigenvalue weighted by Crippen LogP contribution is -2.60. The van der Waals surface area contributed by atoms with Crippen LogP contribution in [0.1, 0.15) is 101 Å². The van der Waals surface area contributed by atoms with Crippen molar-refractivity contribution in [3.63, 3.8) is 0 Å². The third kappa shape index (κ3) is 8.26. The predicted octanol–water partition coefficient (Wildman–Crippen LogP) is 4.54. The Labute approximate surface area is 289 Å². The average Bonchev–Trinajstić information content (AvgIpc) is 3.34. The quantitative estimate of drug-likeness (QED) is 0.367. The molecule has 4 rings (SSSR count). The second-order valence-electron chi connectivity index (χ2n) is 16.5. The van der Waals surface area contributed by atoms with E-state index in [9.17, 15) is 15.0 Å². The van der Waals surface area contributed by atoms with Crippen molar-refractivity contribution in [2.75, 3.05) is 21.2 Å². The van der Waals surface area contributed by atoms with Crippen LogP contribution in [-0.2, 0) is 38.0 Å². The van der Waals surface area contributed by atoms with Crippen LogP contribution in [0, 0.1) is 29.6 Å². The van der Waals surface area contributed by atoms with Crippen molar-refractivity contribution in [3.05, 3.63) is 0 Å². The van der Waals surface area contributed by atoms with Crippen molar-refractivity contribution in [1.82, 2.24) is 4.90 Å². The molecular formula is C37H67NO10. The highest BCUT2D eigenvalue weighted by Crippen LogP contribution is 2.47. The van der Waals surface area contributed by atoms with E-state index in [1.807, 2.05) is 46.7 Å². The van der Waals surface area contributed by atoms with Gasteiger partial charge in [0.2, 0.25) is 0 Å². The number of aliphatic hydroxyl groups excluding tert-OH is 2. The molecule has 1 unspecified atom stereocenters. The molecule has 0 radical (unpaired) electrons. The van der Waals surface area contributed by atoms with Gasteiger partial charge >= 0.3 is 5.97 Å². The fourth-order valence-electron chi connectivity index (χ4n) is 9.22. The van der Waals surface area contributed by atoms with Gasteiger partial charge in [0, 0.05) is 25.5 Å². The second kappa shape index (κ2) is 15.8. The third-order valence-electron chi connectivity index (χ3n) is 12.1. The highest BCUT2D eigenvalue weighted by Gasteiger charge is 2.56. The molecule has 2 N–H and O–H groups in total. The molecule has 2 bridgehead atoms. The number of esters is 1. The molecule has 0 spiro atoms. The molecular weight excluding hydrogens is 618 g/mol. The lowest BCUT2D eigenvalue weighted by Gasteiger charge is -2.48. The van der Waals surface area contributed by atoms with Gasteiger partial charge in [0.1, 0.15) is 18.3 Å².